The van der Waals surface area contributed by atoms with E-state index < -0.39 is 0 Å². The van der Waals surface area contributed by atoms with Crippen LogP contribution in [0.2, 0.25) is 0 Å². The molecule has 0 aliphatic heterocycles. The minimum Gasteiger partial charge on any atom is -0.481 e. The maximum atomic E-state index is 12.7. The van der Waals surface area contributed by atoms with Crippen molar-refractivity contribution < 1.29 is 9.53 Å². The molecule has 0 aliphatic carbocycles. The summed E-state index contributed by atoms with van der Waals surface area (Å²) >= 11 is 0. The van der Waals surface area contributed by atoms with Crippen LogP contribution < -0.4 is 4.74 Å². The van der Waals surface area contributed by atoms with Gasteiger partial charge in [-0.15, -0.1) is 0 Å². The Morgan fingerprint density at radius 2 is 2.00 bits per heavy atom. The third-order valence-electron chi connectivity index (χ3n) is 3.75. The summed E-state index contributed by atoms with van der Waals surface area (Å²) in [7, 11) is 3.31. The van der Waals surface area contributed by atoms with Crippen LogP contribution in [0.4, 0.5) is 0 Å². The maximum absolute atomic E-state index is 12.7. The van der Waals surface area contributed by atoms with Crippen LogP contribution in [0.5, 0.6) is 5.88 Å². The van der Waals surface area contributed by atoms with Crippen LogP contribution in [0.25, 0.3) is 0 Å². The van der Waals surface area contributed by atoms with Gasteiger partial charge in [0.05, 0.1) is 13.3 Å². The van der Waals surface area contributed by atoms with Crippen molar-refractivity contribution in [2.24, 2.45) is 7.05 Å². The zero-order valence-electron chi connectivity index (χ0n) is 12.7. The predicted octanol–water partition coefficient (Wildman–Crippen LogP) is 2.84. The molecule has 0 fully saturated rings. The van der Waals surface area contributed by atoms with Crippen LogP contribution in [-0.2, 0) is 13.5 Å². The lowest BCUT2D eigenvalue weighted by Gasteiger charge is -2.12. The van der Waals surface area contributed by atoms with E-state index in [4.69, 9.17) is 4.74 Å². The number of rotatable bonds is 4. The third kappa shape index (κ3) is 2.22. The highest BCUT2D eigenvalue weighted by molar-refractivity contribution is 6.11. The van der Waals surface area contributed by atoms with Crippen molar-refractivity contribution in [2.75, 3.05) is 7.11 Å². The molecule has 1 aromatic carbocycles. The molecule has 2 rings (SSSR count). The second kappa shape index (κ2) is 5.49. The molecular formula is C16H20N2O2. The Kier molecular flexibility index (Phi) is 3.93. The summed E-state index contributed by atoms with van der Waals surface area (Å²) in [6, 6.07) is 3.89. The lowest BCUT2D eigenvalue weighted by Crippen LogP contribution is -2.08. The molecule has 0 atom stereocenters. The number of ketones is 1. The van der Waals surface area contributed by atoms with Gasteiger partial charge in [0, 0.05) is 12.6 Å². The van der Waals surface area contributed by atoms with Crippen LogP contribution >= 0.6 is 0 Å². The van der Waals surface area contributed by atoms with Crippen molar-refractivity contribution in [3.63, 3.8) is 0 Å². The normalized spacial score (nSPS) is 10.7. The topological polar surface area (TPSA) is 44.1 Å². The fourth-order valence-electron chi connectivity index (χ4n) is 2.65. The van der Waals surface area contributed by atoms with Crippen molar-refractivity contribution in [1.82, 2.24) is 9.78 Å². The van der Waals surface area contributed by atoms with Crippen molar-refractivity contribution in [1.29, 1.82) is 0 Å². The molecule has 0 N–H and O–H groups in total. The van der Waals surface area contributed by atoms with E-state index in [2.05, 4.69) is 18.9 Å². The van der Waals surface area contributed by atoms with E-state index in [1.54, 1.807) is 25.0 Å². The molecule has 4 nitrogen and oxygen atoms in total. The Labute approximate surface area is 119 Å². The molecule has 20 heavy (non-hydrogen) atoms. The Morgan fingerprint density at radius 3 is 2.60 bits per heavy atom. The van der Waals surface area contributed by atoms with E-state index in [0.717, 1.165) is 17.5 Å². The van der Waals surface area contributed by atoms with Gasteiger partial charge in [0.1, 0.15) is 5.56 Å². The van der Waals surface area contributed by atoms with Gasteiger partial charge in [0.2, 0.25) is 5.88 Å². The van der Waals surface area contributed by atoms with Gasteiger partial charge >= 0.3 is 0 Å². The van der Waals surface area contributed by atoms with Crippen LogP contribution in [-0.4, -0.2) is 22.7 Å². The number of nitrogens with zero attached hydrogens (tertiary/aromatic N) is 2. The fourth-order valence-corrected chi connectivity index (χ4v) is 2.65. The molecule has 1 heterocycles. The van der Waals surface area contributed by atoms with Gasteiger partial charge in [-0.25, -0.2) is 4.68 Å². The third-order valence-corrected chi connectivity index (χ3v) is 3.75. The number of aryl methyl sites for hydroxylation is 2. The smallest absolute Gasteiger partial charge is 0.222 e. The zero-order chi connectivity index (χ0) is 14.9. The van der Waals surface area contributed by atoms with Crippen LogP contribution in [0.15, 0.2) is 18.3 Å². The quantitative estimate of drug-likeness (QED) is 0.804. The van der Waals surface area contributed by atoms with E-state index in [-0.39, 0.29) is 5.78 Å². The van der Waals surface area contributed by atoms with Gasteiger partial charge in [-0.1, -0.05) is 19.1 Å². The highest BCUT2D eigenvalue weighted by Crippen LogP contribution is 2.25. The van der Waals surface area contributed by atoms with Gasteiger partial charge in [0.15, 0.2) is 5.78 Å². The molecule has 1 aromatic heterocycles. The summed E-state index contributed by atoms with van der Waals surface area (Å²) in [5.41, 5.74) is 4.73. The SMILES string of the molecule is CCc1c(C)ccc(C(=O)c2cnn(C)c2OC)c1C. The van der Waals surface area contributed by atoms with Gasteiger partial charge in [-0.2, -0.15) is 5.10 Å². The Bertz CT molecular complexity index is 657. The van der Waals surface area contributed by atoms with Crippen molar-refractivity contribution in [2.45, 2.75) is 27.2 Å². The van der Waals surface area contributed by atoms with Crippen LogP contribution in [0.3, 0.4) is 0 Å². The van der Waals surface area contributed by atoms with E-state index in [0.29, 0.717) is 11.4 Å². The summed E-state index contributed by atoms with van der Waals surface area (Å²) < 4.78 is 6.83. The van der Waals surface area contributed by atoms with E-state index in [1.165, 1.54) is 11.1 Å². The number of hydrogen-bond acceptors (Lipinski definition) is 3. The molecule has 106 valence electrons. The Balaban J connectivity index is 2.54. The number of carbonyl (C=O) groups excluding carboxylic acids is 1. The van der Waals surface area contributed by atoms with Crippen molar-refractivity contribution in [3.05, 3.63) is 46.1 Å². The molecule has 0 aliphatic rings. The summed E-state index contributed by atoms with van der Waals surface area (Å²) in [6.45, 7) is 6.18. The zero-order valence-corrected chi connectivity index (χ0v) is 12.7. The average molecular weight is 272 g/mol. The van der Waals surface area contributed by atoms with E-state index in [9.17, 15) is 4.79 Å². The summed E-state index contributed by atoms with van der Waals surface area (Å²) in [4.78, 5) is 12.7. The highest BCUT2D eigenvalue weighted by Gasteiger charge is 2.21. The monoisotopic (exact) mass is 272 g/mol. The molecule has 0 radical (unpaired) electrons. The fraction of sp³-hybridized carbons (Fsp3) is 0.375. The molecule has 0 unspecified atom stereocenters. The highest BCUT2D eigenvalue weighted by atomic mass is 16.5. The molecule has 0 spiro atoms. The number of ether oxygens (including phenoxy) is 1. The molecule has 0 saturated carbocycles. The van der Waals surface area contributed by atoms with Crippen molar-refractivity contribution in [3.8, 4) is 5.88 Å². The second-order valence-corrected chi connectivity index (χ2v) is 4.91. The molecule has 0 amide bonds. The van der Waals surface area contributed by atoms with E-state index in [1.807, 2.05) is 19.1 Å². The molecule has 0 bridgehead atoms. The number of aromatic nitrogens is 2. The standard InChI is InChI=1S/C16H20N2O2/c1-6-12-10(2)7-8-13(11(12)3)15(19)14-9-17-18(4)16(14)20-5/h7-9H,6H2,1-5H3. The first-order valence-electron chi connectivity index (χ1n) is 6.71. The molecule has 0 saturated heterocycles. The lowest BCUT2D eigenvalue weighted by molar-refractivity contribution is 0.103. The minimum absolute atomic E-state index is 0.0397. The summed E-state index contributed by atoms with van der Waals surface area (Å²) in [5, 5.41) is 4.09. The van der Waals surface area contributed by atoms with Gasteiger partial charge < -0.3 is 4.74 Å². The Morgan fingerprint density at radius 1 is 1.30 bits per heavy atom. The second-order valence-electron chi connectivity index (χ2n) is 4.91. The van der Waals surface area contributed by atoms with E-state index >= 15 is 0 Å². The largest absolute Gasteiger partial charge is 0.481 e. The molecular weight excluding hydrogens is 252 g/mol. The summed E-state index contributed by atoms with van der Waals surface area (Å²) in [6.07, 6.45) is 2.48. The number of benzene rings is 1. The first-order valence-corrected chi connectivity index (χ1v) is 6.71. The van der Waals surface area contributed by atoms with Crippen LogP contribution in [0, 0.1) is 13.8 Å². The number of carbonyl (C=O) groups is 1. The number of hydrogen-bond donors (Lipinski definition) is 0. The molecule has 4 heteroatoms. The lowest BCUT2D eigenvalue weighted by atomic mass is 9.92. The van der Waals surface area contributed by atoms with Gasteiger partial charge in [-0.05, 0) is 37.0 Å². The van der Waals surface area contributed by atoms with Crippen LogP contribution in [0.1, 0.15) is 39.5 Å². The van der Waals surface area contributed by atoms with Gasteiger partial charge in [-0.3, -0.25) is 4.79 Å². The number of methoxy groups -OCH3 is 1. The first-order chi connectivity index (χ1) is 9.51. The molecule has 2 aromatic rings. The maximum Gasteiger partial charge on any atom is 0.222 e. The predicted molar refractivity (Wildman–Crippen MR) is 78.5 cm³/mol. The van der Waals surface area contributed by atoms with Gasteiger partial charge in [0.25, 0.3) is 0 Å². The average Bonchev–Trinajstić information content (AvgIpc) is 2.79. The van der Waals surface area contributed by atoms with Crippen molar-refractivity contribution >= 4 is 5.78 Å². The first kappa shape index (κ1) is 14.3. The Hall–Kier alpha value is -2.10. The minimum atomic E-state index is -0.0397. The summed E-state index contributed by atoms with van der Waals surface area (Å²) in [5.74, 6) is 0.454.